The van der Waals surface area contributed by atoms with Gasteiger partial charge in [0.1, 0.15) is 0 Å². The average molecular weight is 252 g/mol. The van der Waals surface area contributed by atoms with E-state index in [9.17, 15) is 0 Å². The van der Waals surface area contributed by atoms with Gasteiger partial charge < -0.3 is 0 Å². The molecule has 1 aliphatic rings. The molecule has 0 aromatic carbocycles. The van der Waals surface area contributed by atoms with Crippen LogP contribution in [0.2, 0.25) is 0 Å². The highest BCUT2D eigenvalue weighted by atomic mass is 32.2. The molecule has 1 atom stereocenters. The van der Waals surface area contributed by atoms with Gasteiger partial charge in [-0.25, -0.2) is 0 Å². The Morgan fingerprint density at radius 1 is 1.29 bits per heavy atom. The molecule has 0 amide bonds. The standard InChI is InChI=1S/C15H26NS/c1-3-4-10-15-14(11-12-17(15)16-2)13-8-6-5-7-9-13/h11-13,16H,3-10H2,1-2H3/q+1. The van der Waals surface area contributed by atoms with Crippen molar-refractivity contribution in [3.8, 4) is 0 Å². The van der Waals surface area contributed by atoms with Crippen molar-refractivity contribution in [2.24, 2.45) is 0 Å². The molecule has 0 aliphatic heterocycles. The highest BCUT2D eigenvalue weighted by Gasteiger charge is 2.25. The molecule has 96 valence electrons. The zero-order valence-electron chi connectivity index (χ0n) is 11.3. The molecular formula is C15H26NS+. The van der Waals surface area contributed by atoms with Crippen molar-refractivity contribution in [2.45, 2.75) is 64.2 Å². The lowest BCUT2D eigenvalue weighted by Crippen LogP contribution is -2.06. The zero-order chi connectivity index (χ0) is 12.1. The van der Waals surface area contributed by atoms with Crippen LogP contribution in [0.25, 0.3) is 0 Å². The predicted molar refractivity (Wildman–Crippen MR) is 78.6 cm³/mol. The van der Waals surface area contributed by atoms with E-state index in [1.807, 2.05) is 0 Å². The zero-order valence-corrected chi connectivity index (χ0v) is 12.1. The van der Waals surface area contributed by atoms with E-state index >= 15 is 0 Å². The van der Waals surface area contributed by atoms with Gasteiger partial charge in [0.25, 0.3) is 0 Å². The normalized spacial score (nSPS) is 18.6. The maximum atomic E-state index is 3.48. The van der Waals surface area contributed by atoms with Crippen molar-refractivity contribution in [1.82, 2.24) is 0 Å². The quantitative estimate of drug-likeness (QED) is 0.727. The van der Waals surface area contributed by atoms with E-state index in [1.54, 1.807) is 10.4 Å². The van der Waals surface area contributed by atoms with Gasteiger partial charge in [-0.1, -0.05) is 32.6 Å². The third-order valence-electron chi connectivity index (χ3n) is 3.99. The molecule has 2 heteroatoms. The Morgan fingerprint density at radius 3 is 2.71 bits per heavy atom. The predicted octanol–water partition coefficient (Wildman–Crippen LogP) is 5.00. The summed E-state index contributed by atoms with van der Waals surface area (Å²) in [6, 6.07) is 2.43. The number of hydrogen-bond donors (Lipinski definition) is 1. The van der Waals surface area contributed by atoms with E-state index in [-0.39, 0.29) is 10.7 Å². The molecule has 1 aromatic heterocycles. The van der Waals surface area contributed by atoms with Gasteiger partial charge in [0.2, 0.25) is 0 Å². The molecule has 0 saturated heterocycles. The van der Waals surface area contributed by atoms with Crippen LogP contribution in [0.5, 0.6) is 0 Å². The van der Waals surface area contributed by atoms with Gasteiger partial charge in [-0.2, -0.15) is 0 Å². The van der Waals surface area contributed by atoms with Crippen LogP contribution in [-0.4, -0.2) is 7.05 Å². The molecule has 1 heterocycles. The topological polar surface area (TPSA) is 12.0 Å². The third-order valence-corrected chi connectivity index (χ3v) is 5.81. The Morgan fingerprint density at radius 2 is 2.06 bits per heavy atom. The lowest BCUT2D eigenvalue weighted by molar-refractivity contribution is 0.442. The summed E-state index contributed by atoms with van der Waals surface area (Å²) in [5.41, 5.74) is 1.70. The Bertz CT molecular complexity index is 337. The minimum Gasteiger partial charge on any atom is -0.121 e. The minimum atomic E-state index is 0.244. The first-order valence-electron chi connectivity index (χ1n) is 7.18. The Labute approximate surface area is 109 Å². The summed E-state index contributed by atoms with van der Waals surface area (Å²) >= 11 is 0. The Balaban J connectivity index is 2.16. The largest absolute Gasteiger partial charge is 0.175 e. The molecule has 1 saturated carbocycles. The van der Waals surface area contributed by atoms with Crippen LogP contribution in [0, 0.1) is 0 Å². The van der Waals surface area contributed by atoms with Crippen LogP contribution in [-0.2, 0) is 6.42 Å². The van der Waals surface area contributed by atoms with Crippen LogP contribution in [0.3, 0.4) is 0 Å². The van der Waals surface area contributed by atoms with Crippen molar-refractivity contribution < 1.29 is 0 Å². The van der Waals surface area contributed by atoms with Crippen LogP contribution in [0.1, 0.15) is 68.2 Å². The van der Waals surface area contributed by atoms with Gasteiger partial charge in [0.05, 0.1) is 10.7 Å². The van der Waals surface area contributed by atoms with Crippen LogP contribution in [0.15, 0.2) is 11.4 Å². The highest BCUT2D eigenvalue weighted by molar-refractivity contribution is 7.31. The molecule has 1 nitrogen and oxygen atoms in total. The first kappa shape index (κ1) is 13.1. The van der Waals surface area contributed by atoms with Gasteiger partial charge in [0.15, 0.2) is 10.3 Å². The van der Waals surface area contributed by atoms with Crippen LogP contribution < -0.4 is 4.72 Å². The molecule has 1 aromatic rings. The number of unbranched alkanes of at least 4 members (excludes halogenated alkanes) is 1. The highest BCUT2D eigenvalue weighted by Crippen LogP contribution is 2.39. The summed E-state index contributed by atoms with van der Waals surface area (Å²) in [4.78, 5) is 1.72. The summed E-state index contributed by atoms with van der Waals surface area (Å²) in [6.45, 7) is 2.29. The number of thiophene rings is 1. The summed E-state index contributed by atoms with van der Waals surface area (Å²) in [5, 5.41) is 2.40. The van der Waals surface area contributed by atoms with E-state index in [2.05, 4.69) is 30.1 Å². The molecule has 17 heavy (non-hydrogen) atoms. The molecule has 1 unspecified atom stereocenters. The van der Waals surface area contributed by atoms with Gasteiger partial charge in [0, 0.05) is 25.1 Å². The van der Waals surface area contributed by atoms with Gasteiger partial charge in [-0.3, -0.25) is 0 Å². The van der Waals surface area contributed by atoms with Crippen molar-refractivity contribution in [3.05, 3.63) is 21.9 Å². The monoisotopic (exact) mass is 252 g/mol. The number of hydrogen-bond acceptors (Lipinski definition) is 1. The molecule has 0 bridgehead atoms. The van der Waals surface area contributed by atoms with Crippen molar-refractivity contribution in [1.29, 1.82) is 0 Å². The van der Waals surface area contributed by atoms with Gasteiger partial charge >= 0.3 is 0 Å². The van der Waals surface area contributed by atoms with E-state index in [4.69, 9.17) is 0 Å². The molecule has 1 aliphatic carbocycles. The second kappa shape index (κ2) is 6.55. The molecule has 1 N–H and O–H groups in total. The summed E-state index contributed by atoms with van der Waals surface area (Å²) in [5.74, 6) is 0.873. The second-order valence-electron chi connectivity index (χ2n) is 5.16. The van der Waals surface area contributed by atoms with E-state index in [0.717, 1.165) is 5.92 Å². The molecule has 1 fully saturated rings. The smallest absolute Gasteiger partial charge is 0.121 e. The summed E-state index contributed by atoms with van der Waals surface area (Å²) in [6.07, 6.45) is 11.1. The molecule has 0 radical (unpaired) electrons. The first-order chi connectivity index (χ1) is 8.36. The third kappa shape index (κ3) is 3.11. The van der Waals surface area contributed by atoms with Gasteiger partial charge in [-0.05, 0) is 25.2 Å². The number of nitrogens with one attached hydrogen (secondary N) is 1. The van der Waals surface area contributed by atoms with Crippen molar-refractivity contribution >= 4 is 10.7 Å². The summed E-state index contributed by atoms with van der Waals surface area (Å²) < 4.78 is 3.48. The van der Waals surface area contributed by atoms with Crippen LogP contribution in [0.4, 0.5) is 0 Å². The minimum absolute atomic E-state index is 0.244. The van der Waals surface area contributed by atoms with E-state index in [1.165, 1.54) is 51.4 Å². The van der Waals surface area contributed by atoms with Crippen molar-refractivity contribution in [3.63, 3.8) is 0 Å². The SMILES string of the molecule is CCCCc1c(C2CCCCC2)cc[s+]1NC. The maximum absolute atomic E-state index is 3.48. The maximum Gasteiger partial charge on any atom is 0.175 e. The molecule has 2 rings (SSSR count). The first-order valence-corrected chi connectivity index (χ1v) is 8.47. The fourth-order valence-corrected chi connectivity index (χ4v) is 4.69. The fraction of sp³-hybridized carbons (Fsp3) is 0.733. The Kier molecular flexibility index (Phi) is 5.05. The van der Waals surface area contributed by atoms with E-state index in [0.29, 0.717) is 0 Å². The lowest BCUT2D eigenvalue weighted by Gasteiger charge is -2.20. The fourth-order valence-electron chi connectivity index (χ4n) is 3.00. The van der Waals surface area contributed by atoms with Gasteiger partial charge in [-0.15, -0.1) is 4.72 Å². The second-order valence-corrected chi connectivity index (χ2v) is 7.01. The lowest BCUT2D eigenvalue weighted by atomic mass is 9.84. The summed E-state index contributed by atoms with van der Waals surface area (Å²) in [7, 11) is 2.34. The van der Waals surface area contributed by atoms with E-state index < -0.39 is 0 Å². The number of rotatable bonds is 5. The Hall–Kier alpha value is -0.340. The molecule has 0 spiro atoms. The van der Waals surface area contributed by atoms with Crippen molar-refractivity contribution in [2.75, 3.05) is 11.8 Å². The average Bonchev–Trinajstić information content (AvgIpc) is 2.80. The van der Waals surface area contributed by atoms with Crippen LogP contribution >= 0.6 is 10.7 Å². The molecular weight excluding hydrogens is 226 g/mol.